The molecule has 10 nitrogen and oxygen atoms in total. The molecule has 1 amide bonds. The second-order valence-electron chi connectivity index (χ2n) is 12.3. The molecule has 2 aromatic carbocycles. The van der Waals surface area contributed by atoms with E-state index in [4.69, 9.17) is 18.9 Å². The number of phenolic OH excluding ortho intramolecular Hbond substituents is 1. The number of benzene rings is 2. The largest absolute Gasteiger partial charge is 0.508 e. The second kappa shape index (κ2) is 11.5. The van der Waals surface area contributed by atoms with Crippen molar-refractivity contribution in [1.82, 2.24) is 14.4 Å². The summed E-state index contributed by atoms with van der Waals surface area (Å²) in [7, 11) is 4.99. The van der Waals surface area contributed by atoms with Gasteiger partial charge in [0.1, 0.15) is 22.8 Å². The third kappa shape index (κ3) is 6.05. The second-order valence-corrected chi connectivity index (χ2v) is 12.3. The molecular weight excluding hydrogens is 538 g/mol. The minimum atomic E-state index is -0.535. The van der Waals surface area contributed by atoms with Crippen molar-refractivity contribution in [3.63, 3.8) is 0 Å². The number of phenols is 1. The molecule has 3 heterocycles. The van der Waals surface area contributed by atoms with Gasteiger partial charge in [0.05, 0.1) is 43.9 Å². The molecule has 1 spiro atoms. The molecule has 1 aromatic heterocycles. The van der Waals surface area contributed by atoms with Gasteiger partial charge in [-0.3, -0.25) is 9.69 Å². The van der Waals surface area contributed by atoms with Crippen LogP contribution in [0.15, 0.2) is 41.3 Å². The van der Waals surface area contributed by atoms with E-state index in [1.165, 1.54) is 10.6 Å². The number of ether oxygens (including phenoxy) is 4. The zero-order valence-corrected chi connectivity index (χ0v) is 25.4. The first-order valence-corrected chi connectivity index (χ1v) is 14.3. The summed E-state index contributed by atoms with van der Waals surface area (Å²) in [6.07, 6.45) is 3.10. The van der Waals surface area contributed by atoms with Crippen LogP contribution in [0, 0.1) is 0 Å². The lowest BCUT2D eigenvalue weighted by molar-refractivity contribution is -0.134. The van der Waals surface area contributed by atoms with Gasteiger partial charge in [0.25, 0.3) is 5.56 Å². The van der Waals surface area contributed by atoms with E-state index < -0.39 is 5.60 Å². The number of aryl methyl sites for hydroxylation is 1. The zero-order chi connectivity index (χ0) is 30.2. The number of aromatic nitrogens is 1. The number of amides is 1. The van der Waals surface area contributed by atoms with Gasteiger partial charge < -0.3 is 33.5 Å². The number of hydrogen-bond donors (Lipinski definition) is 1. The highest BCUT2D eigenvalue weighted by Gasteiger charge is 2.42. The third-order valence-corrected chi connectivity index (χ3v) is 8.13. The van der Waals surface area contributed by atoms with Crippen LogP contribution in [0.3, 0.4) is 0 Å². The first-order valence-electron chi connectivity index (χ1n) is 14.3. The van der Waals surface area contributed by atoms with E-state index in [1.54, 1.807) is 44.5 Å². The number of nitrogens with zero attached hydrogens (tertiary/aromatic N) is 3. The zero-order valence-electron chi connectivity index (χ0n) is 25.4. The molecule has 10 heteroatoms. The lowest BCUT2D eigenvalue weighted by Gasteiger charge is -2.47. The van der Waals surface area contributed by atoms with Gasteiger partial charge in [0.2, 0.25) is 0 Å². The number of morpholine rings is 1. The van der Waals surface area contributed by atoms with Crippen LogP contribution in [-0.4, -0.2) is 83.8 Å². The molecular formula is C32H41N3O7. The lowest BCUT2D eigenvalue weighted by atomic mass is 9.89. The van der Waals surface area contributed by atoms with Gasteiger partial charge >= 0.3 is 6.09 Å². The van der Waals surface area contributed by atoms with E-state index in [0.717, 1.165) is 48.0 Å². The average molecular weight is 580 g/mol. The van der Waals surface area contributed by atoms with Crippen LogP contribution >= 0.6 is 0 Å². The molecule has 0 unspecified atom stereocenters. The SMILES string of the molecule is COc1cc(-c2cn(C)c(=O)c3cc(O)ccc23)cc(OC)c1CN1CCC2(CC1)CN(C(=O)OC(C)(C)C)CCO2. The molecule has 1 N–H and O–H groups in total. The van der Waals surface area contributed by atoms with Crippen molar-refractivity contribution < 1.29 is 28.8 Å². The Hall–Kier alpha value is -3.76. The fourth-order valence-corrected chi connectivity index (χ4v) is 5.95. The van der Waals surface area contributed by atoms with Crippen LogP contribution in [0.4, 0.5) is 4.79 Å². The number of methoxy groups -OCH3 is 2. The number of pyridine rings is 1. The van der Waals surface area contributed by atoms with E-state index >= 15 is 0 Å². The van der Waals surface area contributed by atoms with Gasteiger partial charge in [0.15, 0.2) is 0 Å². The van der Waals surface area contributed by atoms with E-state index in [1.807, 2.05) is 32.9 Å². The van der Waals surface area contributed by atoms with E-state index in [-0.39, 0.29) is 23.0 Å². The number of aromatic hydroxyl groups is 1. The Bertz CT molecular complexity index is 1510. The summed E-state index contributed by atoms with van der Waals surface area (Å²) in [5.74, 6) is 1.42. The predicted octanol–water partition coefficient (Wildman–Crippen LogP) is 4.53. The number of hydrogen-bond acceptors (Lipinski definition) is 8. The van der Waals surface area contributed by atoms with Crippen LogP contribution in [-0.2, 0) is 23.1 Å². The summed E-state index contributed by atoms with van der Waals surface area (Å²) in [6.45, 7) is 9.42. The number of fused-ring (bicyclic) bond motifs is 1. The number of likely N-dealkylation sites (tertiary alicyclic amines) is 1. The Morgan fingerprint density at radius 1 is 1.02 bits per heavy atom. The van der Waals surface area contributed by atoms with Gasteiger partial charge in [-0.05, 0) is 74.9 Å². The summed E-state index contributed by atoms with van der Waals surface area (Å²) in [6, 6.07) is 8.78. The fraction of sp³-hybridized carbons (Fsp3) is 0.500. The summed E-state index contributed by atoms with van der Waals surface area (Å²) < 4.78 is 25.1. The van der Waals surface area contributed by atoms with Gasteiger partial charge in [0, 0.05) is 45.0 Å². The Morgan fingerprint density at radius 2 is 1.69 bits per heavy atom. The molecule has 42 heavy (non-hydrogen) atoms. The molecule has 3 aromatic rings. The number of piperidine rings is 1. The maximum atomic E-state index is 12.8. The van der Waals surface area contributed by atoms with Crippen molar-refractivity contribution >= 4 is 16.9 Å². The van der Waals surface area contributed by atoms with Crippen LogP contribution in [0.25, 0.3) is 21.9 Å². The van der Waals surface area contributed by atoms with Crippen LogP contribution in [0.2, 0.25) is 0 Å². The first kappa shape index (κ1) is 29.7. The van der Waals surface area contributed by atoms with E-state index in [2.05, 4.69) is 4.90 Å². The van der Waals surface area contributed by atoms with Crippen molar-refractivity contribution in [2.24, 2.45) is 7.05 Å². The van der Waals surface area contributed by atoms with Crippen molar-refractivity contribution in [1.29, 1.82) is 0 Å². The van der Waals surface area contributed by atoms with Crippen molar-refractivity contribution in [3.05, 3.63) is 52.4 Å². The molecule has 2 aliphatic heterocycles. The number of carbonyl (C=O) groups is 1. The monoisotopic (exact) mass is 579 g/mol. The van der Waals surface area contributed by atoms with Crippen LogP contribution in [0.1, 0.15) is 39.2 Å². The normalized spacial score (nSPS) is 17.4. The number of rotatable bonds is 5. The summed E-state index contributed by atoms with van der Waals surface area (Å²) >= 11 is 0. The highest BCUT2D eigenvalue weighted by atomic mass is 16.6. The predicted molar refractivity (Wildman–Crippen MR) is 160 cm³/mol. The topological polar surface area (TPSA) is 103 Å². The van der Waals surface area contributed by atoms with Gasteiger partial charge in [-0.1, -0.05) is 0 Å². The van der Waals surface area contributed by atoms with E-state index in [0.29, 0.717) is 43.1 Å². The Kier molecular flexibility index (Phi) is 8.13. The molecule has 0 aliphatic carbocycles. The van der Waals surface area contributed by atoms with E-state index in [9.17, 15) is 14.7 Å². The molecule has 2 aliphatic rings. The summed E-state index contributed by atoms with van der Waals surface area (Å²) in [5.41, 5.74) is 1.52. The molecule has 2 fully saturated rings. The molecule has 2 saturated heterocycles. The average Bonchev–Trinajstić information content (AvgIpc) is 2.95. The molecule has 5 rings (SSSR count). The molecule has 0 radical (unpaired) electrons. The highest BCUT2D eigenvalue weighted by molar-refractivity contribution is 5.97. The van der Waals surface area contributed by atoms with Gasteiger partial charge in [-0.2, -0.15) is 0 Å². The van der Waals surface area contributed by atoms with Gasteiger partial charge in [-0.25, -0.2) is 4.79 Å². The Labute approximate surface area is 246 Å². The summed E-state index contributed by atoms with van der Waals surface area (Å²) in [4.78, 5) is 29.6. The smallest absolute Gasteiger partial charge is 0.410 e. The minimum absolute atomic E-state index is 0.0433. The first-order chi connectivity index (χ1) is 19.9. The quantitative estimate of drug-likeness (QED) is 0.471. The lowest BCUT2D eigenvalue weighted by Crippen LogP contribution is -2.58. The Morgan fingerprint density at radius 3 is 2.31 bits per heavy atom. The minimum Gasteiger partial charge on any atom is -0.508 e. The van der Waals surface area contributed by atoms with Crippen molar-refractivity contribution in [3.8, 4) is 28.4 Å². The fourth-order valence-electron chi connectivity index (χ4n) is 5.95. The number of carbonyl (C=O) groups excluding carboxylic acids is 1. The van der Waals surface area contributed by atoms with Crippen molar-refractivity contribution in [2.45, 2.75) is 51.4 Å². The van der Waals surface area contributed by atoms with Gasteiger partial charge in [-0.15, -0.1) is 0 Å². The summed E-state index contributed by atoms with van der Waals surface area (Å²) in [5, 5.41) is 11.2. The van der Waals surface area contributed by atoms with Crippen molar-refractivity contribution in [2.75, 3.05) is 47.0 Å². The maximum absolute atomic E-state index is 12.8. The standard InChI is InChI=1S/C32H41N3O7/c1-31(2,3)42-30(38)35-13-14-41-32(20-35)9-11-34(12-10-32)19-26-27(39-5)15-21(16-28(26)40-6)25-18-33(4)29(37)24-17-22(36)7-8-23(24)25/h7-8,15-18,36H,9-14,19-20H2,1-6H3. The van der Waals surface area contributed by atoms with Crippen LogP contribution < -0.4 is 15.0 Å². The molecule has 0 bridgehead atoms. The highest BCUT2D eigenvalue weighted by Crippen LogP contribution is 2.39. The molecule has 226 valence electrons. The maximum Gasteiger partial charge on any atom is 0.410 e. The third-order valence-electron chi connectivity index (χ3n) is 8.13. The Balaban J connectivity index is 1.36. The molecule has 0 saturated carbocycles. The van der Waals surface area contributed by atoms with Crippen LogP contribution in [0.5, 0.6) is 17.2 Å². The molecule has 0 atom stereocenters.